The van der Waals surface area contributed by atoms with Crippen molar-refractivity contribution < 1.29 is 0 Å². The molecule has 1 N–H and O–H groups in total. The Bertz CT molecular complexity index is 792. The number of hydrogen-bond acceptors (Lipinski definition) is 4. The predicted molar refractivity (Wildman–Crippen MR) is 126 cm³/mol. The zero-order valence-electron chi connectivity index (χ0n) is 18.9. The lowest BCUT2D eigenvalue weighted by molar-refractivity contribution is 0.111. The van der Waals surface area contributed by atoms with E-state index in [1.165, 1.54) is 16.8 Å². The summed E-state index contributed by atoms with van der Waals surface area (Å²) in [7, 11) is 0. The van der Waals surface area contributed by atoms with Crippen LogP contribution < -0.4 is 5.32 Å². The molecule has 0 bridgehead atoms. The summed E-state index contributed by atoms with van der Waals surface area (Å²) < 4.78 is 0. The third-order valence-electron chi connectivity index (χ3n) is 6.14. The van der Waals surface area contributed by atoms with Crippen molar-refractivity contribution in [1.29, 1.82) is 0 Å². The lowest BCUT2D eigenvalue weighted by Gasteiger charge is -2.44. The molecule has 0 amide bonds. The van der Waals surface area contributed by atoms with Crippen molar-refractivity contribution in [2.45, 2.75) is 57.7 Å². The highest BCUT2D eigenvalue weighted by molar-refractivity contribution is 5.87. The van der Waals surface area contributed by atoms with Gasteiger partial charge in [0.15, 0.2) is 0 Å². The van der Waals surface area contributed by atoms with E-state index in [0.717, 1.165) is 39.0 Å². The Morgan fingerprint density at radius 1 is 0.733 bits per heavy atom. The van der Waals surface area contributed by atoms with Crippen molar-refractivity contribution in [3.8, 4) is 0 Å². The third-order valence-corrected chi connectivity index (χ3v) is 6.14. The minimum atomic E-state index is 0.105. The van der Waals surface area contributed by atoms with Crippen LogP contribution in [-0.2, 0) is 0 Å². The largest absolute Gasteiger partial charge is 0.306 e. The minimum absolute atomic E-state index is 0.105. The van der Waals surface area contributed by atoms with Crippen LogP contribution in [0.3, 0.4) is 0 Å². The van der Waals surface area contributed by atoms with Crippen molar-refractivity contribution in [1.82, 2.24) is 15.2 Å². The number of hydrogen-bond donors (Lipinski definition) is 1. The lowest BCUT2D eigenvalue weighted by atomic mass is 9.81. The fourth-order valence-electron chi connectivity index (χ4n) is 5.31. The maximum atomic E-state index is 5.11. The zero-order valence-corrected chi connectivity index (χ0v) is 18.9. The van der Waals surface area contributed by atoms with E-state index in [0.29, 0.717) is 6.04 Å². The summed E-state index contributed by atoms with van der Waals surface area (Å²) in [6.07, 6.45) is 2.04. The summed E-state index contributed by atoms with van der Waals surface area (Å²) in [6, 6.07) is 22.1. The quantitative estimate of drug-likeness (QED) is 0.802. The zero-order chi connectivity index (χ0) is 21.2. The van der Waals surface area contributed by atoms with E-state index in [1.54, 1.807) is 0 Å². The van der Waals surface area contributed by atoms with Gasteiger partial charge in [0.05, 0.1) is 6.04 Å². The van der Waals surface area contributed by atoms with Gasteiger partial charge in [-0.2, -0.15) is 5.10 Å². The van der Waals surface area contributed by atoms with Gasteiger partial charge in [0.25, 0.3) is 0 Å². The van der Waals surface area contributed by atoms with E-state index in [4.69, 9.17) is 5.10 Å². The molecular formula is C26H36N4. The molecule has 4 rings (SSSR count). The fraction of sp³-hybridized carbons (Fsp3) is 0.500. The average Bonchev–Trinajstić information content (AvgIpc) is 2.69. The van der Waals surface area contributed by atoms with Crippen molar-refractivity contribution >= 4 is 5.71 Å². The van der Waals surface area contributed by atoms with Gasteiger partial charge in [-0.3, -0.25) is 9.91 Å². The van der Waals surface area contributed by atoms with Gasteiger partial charge in [0, 0.05) is 55.8 Å². The van der Waals surface area contributed by atoms with Crippen LogP contribution in [0.1, 0.15) is 57.7 Å². The molecule has 30 heavy (non-hydrogen) atoms. The highest BCUT2D eigenvalue weighted by atomic mass is 15.5. The summed E-state index contributed by atoms with van der Waals surface area (Å²) in [4.78, 5) is 2.61. The Morgan fingerprint density at radius 2 is 1.20 bits per heavy atom. The number of hydrazone groups is 1. The Labute approximate surface area is 182 Å². The van der Waals surface area contributed by atoms with Gasteiger partial charge >= 0.3 is 0 Å². The van der Waals surface area contributed by atoms with Gasteiger partial charge < -0.3 is 5.32 Å². The molecular weight excluding hydrogens is 368 g/mol. The molecule has 2 aromatic rings. The second-order valence-electron chi connectivity index (χ2n) is 10.1. The van der Waals surface area contributed by atoms with Gasteiger partial charge in [0.2, 0.25) is 0 Å². The molecule has 2 fully saturated rings. The van der Waals surface area contributed by atoms with Gasteiger partial charge in [-0.25, -0.2) is 0 Å². The van der Waals surface area contributed by atoms with Crippen LogP contribution in [0.4, 0.5) is 0 Å². The van der Waals surface area contributed by atoms with Crippen LogP contribution in [0.5, 0.6) is 0 Å². The summed E-state index contributed by atoms with van der Waals surface area (Å²) in [5, 5.41) is 11.2. The van der Waals surface area contributed by atoms with Gasteiger partial charge in [-0.1, -0.05) is 60.7 Å². The standard InChI is InChI=1S/C26H36N4/c1-25(2)19-23(20-26(3,4)28-25)27-30-17-15-29(16-18-30)24(21-11-7-5-8-12-21)22-13-9-6-10-14-22/h5-14,24,28H,15-20H2,1-4H3. The first-order valence-electron chi connectivity index (χ1n) is 11.3. The first-order chi connectivity index (χ1) is 14.3. The molecule has 2 aliphatic rings. The maximum absolute atomic E-state index is 5.11. The summed E-state index contributed by atoms with van der Waals surface area (Å²) in [6.45, 7) is 13.1. The first-order valence-corrected chi connectivity index (χ1v) is 11.3. The molecule has 2 aromatic carbocycles. The van der Waals surface area contributed by atoms with Crippen molar-refractivity contribution in [3.05, 3.63) is 71.8 Å². The van der Waals surface area contributed by atoms with E-state index < -0.39 is 0 Å². The second-order valence-corrected chi connectivity index (χ2v) is 10.1. The normalized spacial score (nSPS) is 21.6. The number of rotatable bonds is 4. The summed E-state index contributed by atoms with van der Waals surface area (Å²) in [5.74, 6) is 0. The topological polar surface area (TPSA) is 30.9 Å². The lowest BCUT2D eigenvalue weighted by Crippen LogP contribution is -2.58. The van der Waals surface area contributed by atoms with Gasteiger partial charge in [-0.05, 0) is 38.8 Å². The van der Waals surface area contributed by atoms with Crippen LogP contribution >= 0.6 is 0 Å². The Morgan fingerprint density at radius 3 is 1.67 bits per heavy atom. The first kappa shape index (κ1) is 21.1. The van der Waals surface area contributed by atoms with Crippen molar-refractivity contribution in [2.75, 3.05) is 26.2 Å². The smallest absolute Gasteiger partial charge is 0.0603 e. The van der Waals surface area contributed by atoms with Crippen LogP contribution in [0.15, 0.2) is 65.8 Å². The number of piperidine rings is 1. The fourth-order valence-corrected chi connectivity index (χ4v) is 5.31. The van der Waals surface area contributed by atoms with Crippen molar-refractivity contribution in [3.63, 3.8) is 0 Å². The molecule has 160 valence electrons. The molecule has 2 heterocycles. The van der Waals surface area contributed by atoms with Crippen LogP contribution in [-0.4, -0.2) is 52.9 Å². The van der Waals surface area contributed by atoms with Gasteiger partial charge in [0.1, 0.15) is 0 Å². The van der Waals surface area contributed by atoms with Crippen LogP contribution in [0, 0.1) is 0 Å². The molecule has 4 heteroatoms. The molecule has 0 radical (unpaired) electrons. The molecule has 0 aromatic heterocycles. The van der Waals surface area contributed by atoms with Gasteiger partial charge in [-0.15, -0.1) is 0 Å². The number of piperazine rings is 1. The molecule has 0 spiro atoms. The molecule has 2 saturated heterocycles. The summed E-state index contributed by atoms with van der Waals surface area (Å²) >= 11 is 0. The highest BCUT2D eigenvalue weighted by Gasteiger charge is 2.36. The Hall–Kier alpha value is -2.17. The van der Waals surface area contributed by atoms with E-state index in [2.05, 4.69) is 104 Å². The Kier molecular flexibility index (Phi) is 5.99. The second kappa shape index (κ2) is 8.52. The number of benzene rings is 2. The SMILES string of the molecule is CC1(C)CC(=NN2CCN(C(c3ccccc3)c3ccccc3)CC2)CC(C)(C)N1. The Balaban J connectivity index is 1.47. The van der Waals surface area contributed by atoms with E-state index >= 15 is 0 Å². The average molecular weight is 405 g/mol. The molecule has 2 aliphatic heterocycles. The van der Waals surface area contributed by atoms with E-state index in [9.17, 15) is 0 Å². The highest BCUT2D eigenvalue weighted by Crippen LogP contribution is 2.30. The van der Waals surface area contributed by atoms with Crippen LogP contribution in [0.25, 0.3) is 0 Å². The van der Waals surface area contributed by atoms with E-state index in [-0.39, 0.29) is 11.1 Å². The van der Waals surface area contributed by atoms with Crippen molar-refractivity contribution in [2.24, 2.45) is 5.10 Å². The monoisotopic (exact) mass is 404 g/mol. The maximum Gasteiger partial charge on any atom is 0.0603 e. The molecule has 0 unspecified atom stereocenters. The summed E-state index contributed by atoms with van der Waals surface area (Å²) in [5.41, 5.74) is 4.28. The molecule has 4 nitrogen and oxygen atoms in total. The van der Waals surface area contributed by atoms with Crippen LogP contribution in [0.2, 0.25) is 0 Å². The molecule has 0 aliphatic carbocycles. The number of nitrogens with zero attached hydrogens (tertiary/aromatic N) is 3. The molecule has 0 saturated carbocycles. The number of nitrogens with one attached hydrogen (secondary N) is 1. The third kappa shape index (κ3) is 5.11. The predicted octanol–water partition coefficient (Wildman–Crippen LogP) is 4.69. The van der Waals surface area contributed by atoms with E-state index in [1.807, 2.05) is 0 Å². The molecule has 0 atom stereocenters. The minimum Gasteiger partial charge on any atom is -0.306 e.